The van der Waals surface area contributed by atoms with Crippen LogP contribution in [0.25, 0.3) is 22.2 Å². The number of carbonyl (C=O) groups excluding carboxylic acids is 1. The summed E-state index contributed by atoms with van der Waals surface area (Å²) in [7, 11) is 1.69. The van der Waals surface area contributed by atoms with Crippen molar-refractivity contribution in [2.75, 3.05) is 0 Å². The lowest BCUT2D eigenvalue weighted by atomic mass is 10.1. The van der Waals surface area contributed by atoms with Crippen molar-refractivity contribution in [1.82, 2.24) is 9.78 Å². The van der Waals surface area contributed by atoms with E-state index in [1.165, 1.54) is 4.68 Å². The van der Waals surface area contributed by atoms with E-state index >= 15 is 0 Å². The molecule has 3 rings (SSSR count). The Labute approximate surface area is 113 Å². The molecule has 2 heterocycles. The minimum atomic E-state index is -1.08. The van der Waals surface area contributed by atoms with E-state index in [2.05, 4.69) is 5.10 Å². The summed E-state index contributed by atoms with van der Waals surface area (Å²) >= 11 is 0. The van der Waals surface area contributed by atoms with Gasteiger partial charge >= 0.3 is 5.97 Å². The zero-order valence-electron chi connectivity index (χ0n) is 10.5. The number of carbonyl (C=O) groups is 2. The number of aromatic carboxylic acids is 1. The summed E-state index contributed by atoms with van der Waals surface area (Å²) in [5, 5.41) is 13.7. The largest absolute Gasteiger partial charge is 0.476 e. The van der Waals surface area contributed by atoms with Gasteiger partial charge < -0.3 is 9.52 Å². The lowest BCUT2D eigenvalue weighted by Gasteiger charge is -1.98. The SMILES string of the molecule is Cn1nc(C(=O)O)c2cc(-c3ccc(C=O)o3)ccc21. The number of furan rings is 1. The van der Waals surface area contributed by atoms with Gasteiger partial charge in [-0.05, 0) is 30.3 Å². The first-order valence-corrected chi connectivity index (χ1v) is 5.85. The van der Waals surface area contributed by atoms with Gasteiger partial charge in [-0.15, -0.1) is 0 Å². The Morgan fingerprint density at radius 2 is 2.15 bits per heavy atom. The molecule has 0 saturated carbocycles. The van der Waals surface area contributed by atoms with Crippen molar-refractivity contribution in [2.24, 2.45) is 7.05 Å². The normalized spacial score (nSPS) is 10.8. The van der Waals surface area contributed by atoms with E-state index < -0.39 is 5.97 Å². The smallest absolute Gasteiger partial charge is 0.357 e. The molecule has 0 amide bonds. The molecule has 1 N–H and O–H groups in total. The number of benzene rings is 1. The number of fused-ring (bicyclic) bond motifs is 1. The van der Waals surface area contributed by atoms with Gasteiger partial charge in [-0.25, -0.2) is 4.79 Å². The average Bonchev–Trinajstić information content (AvgIpc) is 3.03. The number of aldehydes is 1. The molecular formula is C14H10N2O4. The number of nitrogens with zero attached hydrogens (tertiary/aromatic N) is 2. The molecule has 6 heteroatoms. The third-order valence-electron chi connectivity index (χ3n) is 3.08. The Bertz CT molecular complexity index is 829. The standard InChI is InChI=1S/C14H10N2O4/c1-16-11-4-2-8(12-5-3-9(7-17)20-12)6-10(11)13(15-16)14(18)19/h2-7H,1H3,(H,18,19). The molecule has 1 aromatic carbocycles. The summed E-state index contributed by atoms with van der Waals surface area (Å²) in [6.45, 7) is 0. The number of aryl methyl sites for hydroxylation is 1. The number of carboxylic acids is 1. The molecule has 20 heavy (non-hydrogen) atoms. The molecule has 100 valence electrons. The van der Waals surface area contributed by atoms with Gasteiger partial charge in [0, 0.05) is 18.0 Å². The van der Waals surface area contributed by atoms with Crippen LogP contribution >= 0.6 is 0 Å². The molecular weight excluding hydrogens is 260 g/mol. The highest BCUT2D eigenvalue weighted by molar-refractivity contribution is 6.02. The fraction of sp³-hybridized carbons (Fsp3) is 0.0714. The molecule has 0 radical (unpaired) electrons. The van der Waals surface area contributed by atoms with E-state index in [1.54, 1.807) is 37.4 Å². The zero-order chi connectivity index (χ0) is 14.3. The highest BCUT2D eigenvalue weighted by Gasteiger charge is 2.16. The Hall–Kier alpha value is -2.89. The van der Waals surface area contributed by atoms with Gasteiger partial charge in [-0.3, -0.25) is 9.48 Å². The van der Waals surface area contributed by atoms with Gasteiger partial charge in [0.05, 0.1) is 5.52 Å². The molecule has 3 aromatic rings. The van der Waals surface area contributed by atoms with Crippen LogP contribution in [-0.2, 0) is 7.05 Å². The predicted octanol–water partition coefficient (Wildman–Crippen LogP) is 2.34. The average molecular weight is 270 g/mol. The highest BCUT2D eigenvalue weighted by atomic mass is 16.4. The van der Waals surface area contributed by atoms with Crippen LogP contribution in [0.15, 0.2) is 34.7 Å². The number of rotatable bonds is 3. The van der Waals surface area contributed by atoms with Crippen molar-refractivity contribution in [1.29, 1.82) is 0 Å². The maximum absolute atomic E-state index is 11.2. The van der Waals surface area contributed by atoms with Crippen LogP contribution in [0.5, 0.6) is 0 Å². The van der Waals surface area contributed by atoms with Crippen molar-refractivity contribution in [3.05, 3.63) is 41.8 Å². The molecule has 0 atom stereocenters. The van der Waals surface area contributed by atoms with Crippen molar-refractivity contribution >= 4 is 23.2 Å². The van der Waals surface area contributed by atoms with Crippen molar-refractivity contribution < 1.29 is 19.1 Å². The van der Waals surface area contributed by atoms with E-state index in [4.69, 9.17) is 9.52 Å². The van der Waals surface area contributed by atoms with Gasteiger partial charge in [-0.1, -0.05) is 0 Å². The minimum Gasteiger partial charge on any atom is -0.476 e. The monoisotopic (exact) mass is 270 g/mol. The molecule has 0 aliphatic rings. The maximum Gasteiger partial charge on any atom is 0.357 e. The first-order valence-electron chi connectivity index (χ1n) is 5.85. The topological polar surface area (TPSA) is 85.3 Å². The van der Waals surface area contributed by atoms with E-state index in [0.717, 1.165) is 0 Å². The van der Waals surface area contributed by atoms with Gasteiger partial charge in [0.1, 0.15) is 5.76 Å². The van der Waals surface area contributed by atoms with Crippen LogP contribution in [0.3, 0.4) is 0 Å². The van der Waals surface area contributed by atoms with Crippen LogP contribution in [0.4, 0.5) is 0 Å². The fourth-order valence-electron chi connectivity index (χ4n) is 2.15. The van der Waals surface area contributed by atoms with Gasteiger partial charge in [0.2, 0.25) is 0 Å². The Morgan fingerprint density at radius 1 is 1.35 bits per heavy atom. The third kappa shape index (κ3) is 1.78. The van der Waals surface area contributed by atoms with Crippen LogP contribution < -0.4 is 0 Å². The summed E-state index contributed by atoms with van der Waals surface area (Å²) in [5.74, 6) is -0.347. The Kier molecular flexibility index (Phi) is 2.64. The van der Waals surface area contributed by atoms with E-state index in [1.807, 2.05) is 0 Å². The summed E-state index contributed by atoms with van der Waals surface area (Å²) in [5.41, 5.74) is 1.40. The predicted molar refractivity (Wildman–Crippen MR) is 70.8 cm³/mol. The quantitative estimate of drug-likeness (QED) is 0.738. The molecule has 6 nitrogen and oxygen atoms in total. The summed E-state index contributed by atoms with van der Waals surface area (Å²) in [6.07, 6.45) is 0.620. The molecule has 0 aliphatic heterocycles. The number of aromatic nitrogens is 2. The molecule has 0 fully saturated rings. The second kappa shape index (κ2) is 4.34. The lowest BCUT2D eigenvalue weighted by molar-refractivity contribution is 0.0691. The molecule has 0 unspecified atom stereocenters. The van der Waals surface area contributed by atoms with Gasteiger partial charge in [0.15, 0.2) is 17.7 Å². The minimum absolute atomic E-state index is 0.00785. The maximum atomic E-state index is 11.2. The summed E-state index contributed by atoms with van der Waals surface area (Å²) in [6, 6.07) is 8.49. The van der Waals surface area contributed by atoms with Crippen molar-refractivity contribution in [3.8, 4) is 11.3 Å². The zero-order valence-corrected chi connectivity index (χ0v) is 10.5. The van der Waals surface area contributed by atoms with Crippen LogP contribution in [0.2, 0.25) is 0 Å². The van der Waals surface area contributed by atoms with Crippen molar-refractivity contribution in [2.45, 2.75) is 0 Å². The molecule has 2 aromatic heterocycles. The van der Waals surface area contributed by atoms with Crippen molar-refractivity contribution in [3.63, 3.8) is 0 Å². The summed E-state index contributed by atoms with van der Waals surface area (Å²) < 4.78 is 6.85. The second-order valence-electron chi connectivity index (χ2n) is 4.33. The van der Waals surface area contributed by atoms with Gasteiger partial charge in [-0.2, -0.15) is 5.10 Å². The lowest BCUT2D eigenvalue weighted by Crippen LogP contribution is -1.99. The number of carboxylic acid groups (broad SMARTS) is 1. The number of hydrogen-bond donors (Lipinski definition) is 1. The van der Waals surface area contributed by atoms with Gasteiger partial charge in [0.25, 0.3) is 0 Å². The van der Waals surface area contributed by atoms with Crippen LogP contribution in [0, 0.1) is 0 Å². The number of hydrogen-bond acceptors (Lipinski definition) is 4. The summed E-state index contributed by atoms with van der Waals surface area (Å²) in [4.78, 5) is 21.8. The van der Waals surface area contributed by atoms with E-state index in [0.29, 0.717) is 28.5 Å². The van der Waals surface area contributed by atoms with E-state index in [9.17, 15) is 9.59 Å². The molecule has 0 bridgehead atoms. The van der Waals surface area contributed by atoms with Crippen LogP contribution in [0.1, 0.15) is 21.0 Å². The first-order chi connectivity index (χ1) is 9.60. The first kappa shape index (κ1) is 12.2. The fourth-order valence-corrected chi connectivity index (χ4v) is 2.15. The molecule has 0 aliphatic carbocycles. The highest BCUT2D eigenvalue weighted by Crippen LogP contribution is 2.27. The second-order valence-corrected chi connectivity index (χ2v) is 4.33. The Balaban J connectivity index is 2.21. The van der Waals surface area contributed by atoms with Crippen LogP contribution in [-0.4, -0.2) is 27.1 Å². The molecule has 0 saturated heterocycles. The third-order valence-corrected chi connectivity index (χ3v) is 3.08. The molecule has 0 spiro atoms. The van der Waals surface area contributed by atoms with E-state index in [-0.39, 0.29) is 11.5 Å². The Morgan fingerprint density at radius 3 is 2.80 bits per heavy atom.